The summed E-state index contributed by atoms with van der Waals surface area (Å²) in [5.41, 5.74) is 0.940. The van der Waals surface area contributed by atoms with Crippen molar-refractivity contribution in [1.82, 2.24) is 5.32 Å². The summed E-state index contributed by atoms with van der Waals surface area (Å²) in [6.07, 6.45) is 4.77. The van der Waals surface area contributed by atoms with Crippen LogP contribution < -0.4 is 10.6 Å². The first kappa shape index (κ1) is 13.9. The normalized spacial score (nSPS) is 17.6. The van der Waals surface area contributed by atoms with Gasteiger partial charge in [-0.25, -0.2) is 0 Å². The molecule has 0 radical (unpaired) electrons. The van der Waals surface area contributed by atoms with Gasteiger partial charge < -0.3 is 10.6 Å². The van der Waals surface area contributed by atoms with Crippen LogP contribution in [0.3, 0.4) is 0 Å². The summed E-state index contributed by atoms with van der Waals surface area (Å²) in [6.45, 7) is 0. The van der Waals surface area contributed by atoms with Gasteiger partial charge in [-0.1, -0.05) is 0 Å². The lowest BCUT2D eigenvalue weighted by Crippen LogP contribution is -2.25. The average molecular weight is 289 g/mol. The summed E-state index contributed by atoms with van der Waals surface area (Å²) >= 11 is 0. The lowest BCUT2D eigenvalue weighted by atomic mass is 10.1. The maximum Gasteiger partial charge on any atom is 0.292 e. The van der Waals surface area contributed by atoms with Crippen LogP contribution in [0.1, 0.15) is 36.0 Å². The molecule has 0 atom stereocenters. The number of carbonyl (C=O) groups is 1. The van der Waals surface area contributed by atoms with Crippen LogP contribution in [0, 0.1) is 22.0 Å². The largest absolute Gasteiger partial charge is 0.376 e. The van der Waals surface area contributed by atoms with Crippen molar-refractivity contribution in [2.45, 2.75) is 31.7 Å². The third-order valence-electron chi connectivity index (χ3n) is 4.26. The van der Waals surface area contributed by atoms with E-state index in [1.165, 1.54) is 37.8 Å². The first-order valence-corrected chi connectivity index (χ1v) is 7.37. The molecule has 0 bridgehead atoms. The number of hydrogen-bond acceptors (Lipinski definition) is 4. The smallest absolute Gasteiger partial charge is 0.292 e. The molecule has 2 aliphatic rings. The van der Waals surface area contributed by atoms with Gasteiger partial charge in [0, 0.05) is 24.7 Å². The fraction of sp³-hybridized carbons (Fsp3) is 0.533. The zero-order valence-electron chi connectivity index (χ0n) is 12.0. The number of anilines is 1. The molecule has 0 unspecified atom stereocenters. The van der Waals surface area contributed by atoms with Crippen LogP contribution in [0.2, 0.25) is 0 Å². The first-order chi connectivity index (χ1) is 10.1. The molecule has 1 aromatic rings. The van der Waals surface area contributed by atoms with Crippen molar-refractivity contribution >= 4 is 17.3 Å². The van der Waals surface area contributed by atoms with E-state index in [0.717, 1.165) is 0 Å². The molecule has 0 spiro atoms. The summed E-state index contributed by atoms with van der Waals surface area (Å²) in [4.78, 5) is 22.5. The molecule has 2 fully saturated rings. The molecule has 0 aliphatic heterocycles. The second-order valence-electron chi connectivity index (χ2n) is 5.91. The van der Waals surface area contributed by atoms with Crippen molar-refractivity contribution in [2.24, 2.45) is 11.8 Å². The zero-order valence-corrected chi connectivity index (χ0v) is 12.0. The third kappa shape index (κ3) is 2.99. The van der Waals surface area contributed by atoms with Gasteiger partial charge in [-0.15, -0.1) is 0 Å². The van der Waals surface area contributed by atoms with E-state index in [-0.39, 0.29) is 11.6 Å². The second kappa shape index (κ2) is 5.35. The molecule has 0 heterocycles. The van der Waals surface area contributed by atoms with Crippen LogP contribution in [0.5, 0.6) is 0 Å². The van der Waals surface area contributed by atoms with E-state index >= 15 is 0 Å². The van der Waals surface area contributed by atoms with Crippen LogP contribution >= 0.6 is 0 Å². The third-order valence-corrected chi connectivity index (χ3v) is 4.26. The summed E-state index contributed by atoms with van der Waals surface area (Å²) < 4.78 is 0. The van der Waals surface area contributed by atoms with Crippen LogP contribution in [0.25, 0.3) is 0 Å². The number of nitrogens with zero attached hydrogens (tertiary/aromatic N) is 1. The molecule has 2 aliphatic carbocycles. The van der Waals surface area contributed by atoms with E-state index in [4.69, 9.17) is 0 Å². The number of benzene rings is 1. The highest BCUT2D eigenvalue weighted by Gasteiger charge is 2.42. The Labute approximate surface area is 123 Å². The molecule has 2 saturated carbocycles. The Balaban J connectivity index is 1.89. The molecular formula is C15H19N3O3. The molecule has 0 saturated heterocycles. The standard InChI is InChI=1S/C15H19N3O3/c1-16-15(19)11-6-7-13(18(20)21)12(8-11)17-14(9-2-3-9)10-4-5-10/h6-10,14,17H,2-5H2,1H3,(H,16,19). The highest BCUT2D eigenvalue weighted by Crippen LogP contribution is 2.46. The van der Waals surface area contributed by atoms with Crippen molar-refractivity contribution in [1.29, 1.82) is 0 Å². The maximum atomic E-state index is 11.7. The van der Waals surface area contributed by atoms with E-state index in [9.17, 15) is 14.9 Å². The molecule has 3 rings (SSSR count). The van der Waals surface area contributed by atoms with Gasteiger partial charge in [0.2, 0.25) is 0 Å². The molecular weight excluding hydrogens is 270 g/mol. The maximum absolute atomic E-state index is 11.7. The molecule has 1 aromatic carbocycles. The van der Waals surface area contributed by atoms with Crippen LogP contribution in [-0.4, -0.2) is 23.9 Å². The number of hydrogen-bond donors (Lipinski definition) is 2. The van der Waals surface area contributed by atoms with Crippen LogP contribution in [-0.2, 0) is 0 Å². The van der Waals surface area contributed by atoms with Gasteiger partial charge in [0.15, 0.2) is 0 Å². The van der Waals surface area contributed by atoms with Gasteiger partial charge in [-0.3, -0.25) is 14.9 Å². The number of carbonyl (C=O) groups excluding carboxylic acids is 1. The number of rotatable bonds is 6. The van der Waals surface area contributed by atoms with Crippen LogP contribution in [0.15, 0.2) is 18.2 Å². The van der Waals surface area contributed by atoms with E-state index < -0.39 is 4.92 Å². The van der Waals surface area contributed by atoms with Gasteiger partial charge in [-0.05, 0) is 49.7 Å². The molecule has 0 aromatic heterocycles. The molecule has 2 N–H and O–H groups in total. The fourth-order valence-corrected chi connectivity index (χ4v) is 2.81. The van der Waals surface area contributed by atoms with Gasteiger partial charge in [0.1, 0.15) is 5.69 Å². The van der Waals surface area contributed by atoms with Crippen molar-refractivity contribution in [3.63, 3.8) is 0 Å². The first-order valence-electron chi connectivity index (χ1n) is 7.37. The number of amides is 1. The number of nitro benzene ring substituents is 1. The highest BCUT2D eigenvalue weighted by molar-refractivity contribution is 5.95. The highest BCUT2D eigenvalue weighted by atomic mass is 16.6. The second-order valence-corrected chi connectivity index (χ2v) is 5.91. The van der Waals surface area contributed by atoms with Gasteiger partial charge in [0.05, 0.1) is 4.92 Å². The Morgan fingerprint density at radius 2 is 1.90 bits per heavy atom. The molecule has 6 nitrogen and oxygen atoms in total. The Morgan fingerprint density at radius 3 is 2.38 bits per heavy atom. The fourth-order valence-electron chi connectivity index (χ4n) is 2.81. The molecule has 21 heavy (non-hydrogen) atoms. The quantitative estimate of drug-likeness (QED) is 0.622. The Bertz CT molecular complexity index is 568. The van der Waals surface area contributed by atoms with Gasteiger partial charge >= 0.3 is 0 Å². The average Bonchev–Trinajstić information content (AvgIpc) is 3.36. The predicted octanol–water partition coefficient (Wildman–Crippen LogP) is 2.55. The minimum absolute atomic E-state index is 0.0361. The van der Waals surface area contributed by atoms with Gasteiger partial charge in [0.25, 0.3) is 11.6 Å². The van der Waals surface area contributed by atoms with Crippen molar-refractivity contribution in [3.8, 4) is 0 Å². The number of nitrogens with one attached hydrogen (secondary N) is 2. The minimum Gasteiger partial charge on any atom is -0.376 e. The zero-order chi connectivity index (χ0) is 15.0. The molecule has 6 heteroatoms. The monoisotopic (exact) mass is 289 g/mol. The van der Waals surface area contributed by atoms with Crippen molar-refractivity contribution < 1.29 is 9.72 Å². The van der Waals surface area contributed by atoms with E-state index in [1.807, 2.05) is 0 Å². The Hall–Kier alpha value is -2.11. The molecule has 112 valence electrons. The van der Waals surface area contributed by atoms with E-state index in [2.05, 4.69) is 10.6 Å². The van der Waals surface area contributed by atoms with Crippen LogP contribution in [0.4, 0.5) is 11.4 Å². The van der Waals surface area contributed by atoms with Gasteiger partial charge in [-0.2, -0.15) is 0 Å². The summed E-state index contributed by atoms with van der Waals surface area (Å²) in [5.74, 6) is 1.02. The Morgan fingerprint density at radius 1 is 1.29 bits per heavy atom. The van der Waals surface area contributed by atoms with E-state index in [0.29, 0.717) is 29.1 Å². The topological polar surface area (TPSA) is 84.3 Å². The van der Waals surface area contributed by atoms with Crippen molar-refractivity contribution in [2.75, 3.05) is 12.4 Å². The summed E-state index contributed by atoms with van der Waals surface area (Å²) in [6, 6.07) is 4.80. The Kier molecular flexibility index (Phi) is 3.53. The summed E-state index contributed by atoms with van der Waals surface area (Å²) in [7, 11) is 1.55. The lowest BCUT2D eigenvalue weighted by molar-refractivity contribution is -0.384. The van der Waals surface area contributed by atoms with Crippen molar-refractivity contribution in [3.05, 3.63) is 33.9 Å². The SMILES string of the molecule is CNC(=O)c1ccc([N+](=O)[O-])c(NC(C2CC2)C2CC2)c1. The molecule has 1 amide bonds. The summed E-state index contributed by atoms with van der Waals surface area (Å²) in [5, 5.41) is 17.1. The lowest BCUT2D eigenvalue weighted by Gasteiger charge is -2.19. The number of nitro groups is 1. The van der Waals surface area contributed by atoms with E-state index in [1.54, 1.807) is 13.1 Å². The minimum atomic E-state index is -0.396. The predicted molar refractivity (Wildman–Crippen MR) is 79.3 cm³/mol.